The molecule has 2 N–H and O–H groups in total. The molecule has 0 fully saturated rings. The van der Waals surface area contributed by atoms with Crippen molar-refractivity contribution in [3.05, 3.63) is 35.4 Å². The molecule has 72 valence electrons. The highest BCUT2D eigenvalue weighted by Crippen LogP contribution is 2.16. The van der Waals surface area contributed by atoms with Crippen LogP contribution in [0, 0.1) is 13.8 Å². The van der Waals surface area contributed by atoms with Crippen molar-refractivity contribution in [3.8, 4) is 0 Å². The second kappa shape index (κ2) is 2.83. The standard InChI is InChI=1S/C10H11N3O/c1-6-4-3-5-13-7(2)12-8(9(6)13)10(11)14/h3-5H,1-2H3,(H2,11,14). The van der Waals surface area contributed by atoms with Gasteiger partial charge in [-0.05, 0) is 25.5 Å². The Bertz CT molecular complexity index is 513. The van der Waals surface area contributed by atoms with Crippen molar-refractivity contribution in [1.82, 2.24) is 9.38 Å². The van der Waals surface area contributed by atoms with E-state index in [0.29, 0.717) is 5.69 Å². The van der Waals surface area contributed by atoms with E-state index in [0.717, 1.165) is 16.9 Å². The molecule has 0 aliphatic carbocycles. The first kappa shape index (κ1) is 8.74. The van der Waals surface area contributed by atoms with E-state index in [9.17, 15) is 4.79 Å². The highest BCUT2D eigenvalue weighted by molar-refractivity contribution is 5.98. The molecule has 0 spiro atoms. The smallest absolute Gasteiger partial charge is 0.269 e. The van der Waals surface area contributed by atoms with Crippen molar-refractivity contribution < 1.29 is 4.79 Å². The number of amides is 1. The normalized spacial score (nSPS) is 10.7. The van der Waals surface area contributed by atoms with Crippen LogP contribution in [0.15, 0.2) is 18.3 Å². The molecule has 0 saturated heterocycles. The minimum atomic E-state index is -0.482. The van der Waals surface area contributed by atoms with Crippen LogP contribution in [0.4, 0.5) is 0 Å². The van der Waals surface area contributed by atoms with E-state index in [1.54, 1.807) is 0 Å². The van der Waals surface area contributed by atoms with Crippen LogP contribution >= 0.6 is 0 Å². The van der Waals surface area contributed by atoms with Crippen molar-refractivity contribution in [2.45, 2.75) is 13.8 Å². The van der Waals surface area contributed by atoms with Crippen LogP contribution in [0.3, 0.4) is 0 Å². The Labute approximate surface area is 81.4 Å². The second-order valence-electron chi connectivity index (χ2n) is 3.28. The number of primary amides is 1. The number of hydrogen-bond donors (Lipinski definition) is 1. The predicted molar refractivity (Wildman–Crippen MR) is 53.2 cm³/mol. The summed E-state index contributed by atoms with van der Waals surface area (Å²) in [5.74, 6) is 0.294. The number of nitrogens with zero attached hydrogens (tertiary/aromatic N) is 2. The summed E-state index contributed by atoms with van der Waals surface area (Å²) < 4.78 is 1.87. The largest absolute Gasteiger partial charge is 0.364 e. The first-order valence-electron chi connectivity index (χ1n) is 4.35. The second-order valence-corrected chi connectivity index (χ2v) is 3.28. The topological polar surface area (TPSA) is 60.4 Å². The molecule has 1 amide bonds. The van der Waals surface area contributed by atoms with Gasteiger partial charge in [0.25, 0.3) is 5.91 Å². The fraction of sp³-hybridized carbons (Fsp3) is 0.200. The molecular formula is C10H11N3O. The van der Waals surface area contributed by atoms with Gasteiger partial charge in [-0.15, -0.1) is 0 Å². The number of imidazole rings is 1. The lowest BCUT2D eigenvalue weighted by molar-refractivity contribution is 0.0997. The van der Waals surface area contributed by atoms with Gasteiger partial charge in [-0.2, -0.15) is 0 Å². The molecule has 0 aliphatic heterocycles. The van der Waals surface area contributed by atoms with Crippen LogP contribution in [0.25, 0.3) is 5.52 Å². The fourth-order valence-electron chi connectivity index (χ4n) is 1.63. The van der Waals surface area contributed by atoms with Crippen molar-refractivity contribution >= 4 is 11.4 Å². The average molecular weight is 189 g/mol. The molecule has 0 atom stereocenters. The summed E-state index contributed by atoms with van der Waals surface area (Å²) in [6, 6.07) is 3.85. The average Bonchev–Trinajstić information content (AvgIpc) is 2.46. The Morgan fingerprint density at radius 2 is 2.21 bits per heavy atom. The van der Waals surface area contributed by atoms with Crippen molar-refractivity contribution in [2.24, 2.45) is 5.73 Å². The summed E-state index contributed by atoms with van der Waals surface area (Å²) in [5.41, 5.74) is 7.40. The Morgan fingerprint density at radius 1 is 1.50 bits per heavy atom. The quantitative estimate of drug-likeness (QED) is 0.728. The maximum Gasteiger partial charge on any atom is 0.269 e. The van der Waals surface area contributed by atoms with Crippen LogP contribution in [0.1, 0.15) is 21.9 Å². The lowest BCUT2D eigenvalue weighted by atomic mass is 10.2. The Kier molecular flexibility index (Phi) is 1.77. The number of fused-ring (bicyclic) bond motifs is 1. The maximum absolute atomic E-state index is 11.1. The molecule has 0 radical (unpaired) electrons. The van der Waals surface area contributed by atoms with E-state index in [2.05, 4.69) is 4.98 Å². The predicted octanol–water partition coefficient (Wildman–Crippen LogP) is 1.05. The number of aromatic nitrogens is 2. The summed E-state index contributed by atoms with van der Waals surface area (Å²) in [7, 11) is 0. The van der Waals surface area contributed by atoms with Gasteiger partial charge in [0.1, 0.15) is 5.82 Å². The van der Waals surface area contributed by atoms with Gasteiger partial charge in [-0.1, -0.05) is 6.07 Å². The summed E-state index contributed by atoms with van der Waals surface area (Å²) in [6.45, 7) is 3.78. The molecule has 0 aromatic carbocycles. The molecule has 0 unspecified atom stereocenters. The molecule has 0 aliphatic rings. The molecule has 4 nitrogen and oxygen atoms in total. The van der Waals surface area contributed by atoms with Gasteiger partial charge in [-0.3, -0.25) is 4.79 Å². The van der Waals surface area contributed by atoms with Crippen molar-refractivity contribution in [1.29, 1.82) is 0 Å². The molecule has 4 heteroatoms. The van der Waals surface area contributed by atoms with E-state index >= 15 is 0 Å². The molecular weight excluding hydrogens is 178 g/mol. The van der Waals surface area contributed by atoms with Crippen LogP contribution < -0.4 is 5.73 Å². The zero-order valence-corrected chi connectivity index (χ0v) is 8.11. The van der Waals surface area contributed by atoms with Gasteiger partial charge >= 0.3 is 0 Å². The Balaban J connectivity index is 2.93. The van der Waals surface area contributed by atoms with Crippen LogP contribution in [0.2, 0.25) is 0 Å². The lowest BCUT2D eigenvalue weighted by Gasteiger charge is -1.99. The summed E-state index contributed by atoms with van der Waals surface area (Å²) in [5, 5.41) is 0. The molecule has 0 saturated carbocycles. The van der Waals surface area contributed by atoms with Crippen LogP contribution in [-0.2, 0) is 0 Å². The SMILES string of the molecule is Cc1cccn2c(C)nc(C(N)=O)c12. The number of carbonyl (C=O) groups is 1. The van der Waals surface area contributed by atoms with Gasteiger partial charge in [0.2, 0.25) is 0 Å². The number of hydrogen-bond acceptors (Lipinski definition) is 2. The molecule has 2 rings (SSSR count). The van der Waals surface area contributed by atoms with Crippen LogP contribution in [0.5, 0.6) is 0 Å². The molecule has 2 heterocycles. The van der Waals surface area contributed by atoms with E-state index in [-0.39, 0.29) is 0 Å². The lowest BCUT2D eigenvalue weighted by Crippen LogP contribution is -2.12. The zero-order valence-electron chi connectivity index (χ0n) is 8.11. The van der Waals surface area contributed by atoms with Crippen molar-refractivity contribution in [2.75, 3.05) is 0 Å². The third kappa shape index (κ3) is 1.08. The fourth-order valence-corrected chi connectivity index (χ4v) is 1.63. The zero-order chi connectivity index (χ0) is 10.3. The third-order valence-electron chi connectivity index (χ3n) is 2.28. The number of pyridine rings is 1. The first-order chi connectivity index (χ1) is 6.61. The molecule has 2 aromatic rings. The van der Waals surface area contributed by atoms with E-state index < -0.39 is 5.91 Å². The molecule has 2 aromatic heterocycles. The molecule has 0 bridgehead atoms. The third-order valence-corrected chi connectivity index (χ3v) is 2.28. The van der Waals surface area contributed by atoms with Gasteiger partial charge in [-0.25, -0.2) is 4.98 Å². The monoisotopic (exact) mass is 189 g/mol. The van der Waals surface area contributed by atoms with Gasteiger partial charge in [0.05, 0.1) is 5.52 Å². The summed E-state index contributed by atoms with van der Waals surface area (Å²) in [4.78, 5) is 15.3. The van der Waals surface area contributed by atoms with E-state index in [1.807, 2.05) is 36.6 Å². The summed E-state index contributed by atoms with van der Waals surface area (Å²) >= 11 is 0. The Hall–Kier alpha value is -1.84. The Morgan fingerprint density at radius 3 is 2.86 bits per heavy atom. The number of nitrogens with two attached hydrogens (primary N) is 1. The maximum atomic E-state index is 11.1. The van der Waals surface area contributed by atoms with Crippen molar-refractivity contribution in [3.63, 3.8) is 0 Å². The highest BCUT2D eigenvalue weighted by Gasteiger charge is 2.13. The van der Waals surface area contributed by atoms with Gasteiger partial charge < -0.3 is 10.1 Å². The van der Waals surface area contributed by atoms with E-state index in [1.165, 1.54) is 0 Å². The number of aryl methyl sites for hydroxylation is 2. The number of carbonyl (C=O) groups excluding carboxylic acids is 1. The summed E-state index contributed by atoms with van der Waals surface area (Å²) in [6.07, 6.45) is 1.87. The minimum Gasteiger partial charge on any atom is -0.364 e. The highest BCUT2D eigenvalue weighted by atomic mass is 16.1. The van der Waals surface area contributed by atoms with Crippen LogP contribution in [-0.4, -0.2) is 15.3 Å². The van der Waals surface area contributed by atoms with E-state index in [4.69, 9.17) is 5.73 Å². The van der Waals surface area contributed by atoms with Gasteiger partial charge in [0, 0.05) is 6.20 Å². The number of rotatable bonds is 1. The minimum absolute atomic E-state index is 0.348. The molecule has 14 heavy (non-hydrogen) atoms. The first-order valence-corrected chi connectivity index (χ1v) is 4.35. The van der Waals surface area contributed by atoms with Gasteiger partial charge in [0.15, 0.2) is 5.69 Å².